The van der Waals surface area contributed by atoms with E-state index >= 15 is 0 Å². The van der Waals surface area contributed by atoms with Gasteiger partial charge in [-0.1, -0.05) is 13.8 Å². The summed E-state index contributed by atoms with van der Waals surface area (Å²) in [5.74, 6) is 0.202. The highest BCUT2D eigenvalue weighted by atomic mass is 16.6. The van der Waals surface area contributed by atoms with Crippen molar-refractivity contribution in [2.24, 2.45) is 5.92 Å². The van der Waals surface area contributed by atoms with E-state index < -0.39 is 5.60 Å². The molecule has 0 aromatic rings. The SMILES string of the molecule is CCC(O)C1CC(NC(=O)OC(C)(C)C)CN(C(C)CC)C1. The highest BCUT2D eigenvalue weighted by Gasteiger charge is 2.33. The molecule has 1 fully saturated rings. The smallest absolute Gasteiger partial charge is 0.407 e. The predicted molar refractivity (Wildman–Crippen MR) is 88.9 cm³/mol. The summed E-state index contributed by atoms with van der Waals surface area (Å²) in [5, 5.41) is 13.2. The van der Waals surface area contributed by atoms with Gasteiger partial charge >= 0.3 is 6.09 Å². The fourth-order valence-corrected chi connectivity index (χ4v) is 2.98. The predicted octanol–water partition coefficient (Wildman–Crippen LogP) is 2.77. The Morgan fingerprint density at radius 2 is 1.95 bits per heavy atom. The van der Waals surface area contributed by atoms with E-state index in [1.165, 1.54) is 0 Å². The number of carbonyl (C=O) groups is 1. The third kappa shape index (κ3) is 6.13. The second kappa shape index (κ2) is 8.16. The molecule has 4 atom stereocenters. The zero-order valence-corrected chi connectivity index (χ0v) is 15.1. The summed E-state index contributed by atoms with van der Waals surface area (Å²) in [6.07, 6.45) is 1.94. The number of carbonyl (C=O) groups excluding carboxylic acids is 1. The first-order chi connectivity index (χ1) is 10.2. The van der Waals surface area contributed by atoms with Crippen molar-refractivity contribution in [3.8, 4) is 0 Å². The zero-order chi connectivity index (χ0) is 16.9. The molecule has 5 nitrogen and oxygen atoms in total. The number of aliphatic hydroxyl groups excluding tert-OH is 1. The topological polar surface area (TPSA) is 61.8 Å². The molecule has 0 aromatic heterocycles. The summed E-state index contributed by atoms with van der Waals surface area (Å²) in [6, 6.07) is 0.485. The van der Waals surface area contributed by atoms with E-state index in [1.54, 1.807) is 0 Å². The van der Waals surface area contributed by atoms with Crippen LogP contribution in [0.4, 0.5) is 4.79 Å². The maximum atomic E-state index is 12.0. The molecular formula is C17H34N2O3. The molecule has 5 heteroatoms. The number of piperidine rings is 1. The maximum Gasteiger partial charge on any atom is 0.407 e. The molecule has 1 saturated heterocycles. The van der Waals surface area contributed by atoms with Crippen molar-refractivity contribution in [2.45, 2.75) is 84.6 Å². The van der Waals surface area contributed by atoms with Gasteiger partial charge in [0.2, 0.25) is 0 Å². The fourth-order valence-electron chi connectivity index (χ4n) is 2.98. The minimum atomic E-state index is -0.489. The molecule has 1 amide bonds. The highest BCUT2D eigenvalue weighted by molar-refractivity contribution is 5.68. The highest BCUT2D eigenvalue weighted by Crippen LogP contribution is 2.24. The van der Waals surface area contributed by atoms with E-state index in [0.717, 1.165) is 32.4 Å². The van der Waals surface area contributed by atoms with Crippen molar-refractivity contribution in [3.05, 3.63) is 0 Å². The van der Waals surface area contributed by atoms with Crippen LogP contribution in [0.25, 0.3) is 0 Å². The van der Waals surface area contributed by atoms with Gasteiger partial charge in [-0.2, -0.15) is 0 Å². The van der Waals surface area contributed by atoms with E-state index in [1.807, 2.05) is 27.7 Å². The standard InChI is InChI=1S/C17H34N2O3/c1-7-12(3)19-10-13(15(20)8-2)9-14(11-19)18-16(21)22-17(4,5)6/h12-15,20H,7-11H2,1-6H3,(H,18,21). The number of ether oxygens (including phenoxy) is 1. The second-order valence-electron chi connectivity index (χ2n) is 7.53. The van der Waals surface area contributed by atoms with Crippen LogP contribution in [0.15, 0.2) is 0 Å². The molecular weight excluding hydrogens is 280 g/mol. The average molecular weight is 314 g/mol. The Morgan fingerprint density at radius 1 is 1.32 bits per heavy atom. The van der Waals surface area contributed by atoms with Gasteiger partial charge in [0.25, 0.3) is 0 Å². The van der Waals surface area contributed by atoms with Crippen LogP contribution in [0.2, 0.25) is 0 Å². The summed E-state index contributed by atoms with van der Waals surface area (Å²) in [6.45, 7) is 13.7. The van der Waals surface area contributed by atoms with Gasteiger partial charge in [0.05, 0.1) is 6.10 Å². The Balaban J connectivity index is 2.69. The van der Waals surface area contributed by atoms with Gasteiger partial charge in [-0.3, -0.25) is 4.90 Å². The molecule has 1 heterocycles. The van der Waals surface area contributed by atoms with Crippen LogP contribution in [-0.2, 0) is 4.74 Å². The van der Waals surface area contributed by atoms with E-state index in [0.29, 0.717) is 6.04 Å². The van der Waals surface area contributed by atoms with Crippen molar-refractivity contribution in [1.82, 2.24) is 10.2 Å². The average Bonchev–Trinajstić information content (AvgIpc) is 2.42. The van der Waals surface area contributed by atoms with Gasteiger partial charge < -0.3 is 15.2 Å². The number of hydrogen-bond donors (Lipinski definition) is 2. The van der Waals surface area contributed by atoms with Gasteiger partial charge in [0.15, 0.2) is 0 Å². The van der Waals surface area contributed by atoms with E-state index in [4.69, 9.17) is 4.74 Å². The quantitative estimate of drug-likeness (QED) is 0.819. The molecule has 0 aliphatic carbocycles. The molecule has 0 bridgehead atoms. The van der Waals surface area contributed by atoms with Crippen molar-refractivity contribution in [3.63, 3.8) is 0 Å². The molecule has 1 aliphatic heterocycles. The monoisotopic (exact) mass is 314 g/mol. The van der Waals surface area contributed by atoms with Gasteiger partial charge in [-0.15, -0.1) is 0 Å². The molecule has 0 spiro atoms. The first kappa shape index (κ1) is 19.2. The summed E-state index contributed by atoms with van der Waals surface area (Å²) in [7, 11) is 0. The molecule has 4 unspecified atom stereocenters. The zero-order valence-electron chi connectivity index (χ0n) is 15.1. The third-order valence-electron chi connectivity index (χ3n) is 4.41. The number of rotatable bonds is 5. The van der Waals surface area contributed by atoms with Gasteiger partial charge in [-0.05, 0) is 52.9 Å². The second-order valence-corrected chi connectivity index (χ2v) is 7.53. The van der Waals surface area contributed by atoms with Crippen molar-refractivity contribution in [2.75, 3.05) is 13.1 Å². The molecule has 0 radical (unpaired) electrons. The van der Waals surface area contributed by atoms with Crippen LogP contribution < -0.4 is 5.32 Å². The minimum Gasteiger partial charge on any atom is -0.444 e. The lowest BCUT2D eigenvalue weighted by atomic mass is 9.87. The number of nitrogens with zero attached hydrogens (tertiary/aromatic N) is 1. The van der Waals surface area contributed by atoms with E-state index in [-0.39, 0.29) is 24.2 Å². The van der Waals surface area contributed by atoms with E-state index in [2.05, 4.69) is 24.1 Å². The minimum absolute atomic E-state index is 0.0313. The summed E-state index contributed by atoms with van der Waals surface area (Å²) >= 11 is 0. The fraction of sp³-hybridized carbons (Fsp3) is 0.941. The Hall–Kier alpha value is -0.810. The van der Waals surface area contributed by atoms with Crippen LogP contribution in [-0.4, -0.2) is 53.0 Å². The Morgan fingerprint density at radius 3 is 2.45 bits per heavy atom. The largest absolute Gasteiger partial charge is 0.444 e. The molecule has 22 heavy (non-hydrogen) atoms. The van der Waals surface area contributed by atoms with Crippen molar-refractivity contribution < 1.29 is 14.6 Å². The van der Waals surface area contributed by atoms with E-state index in [9.17, 15) is 9.90 Å². The number of hydrogen-bond acceptors (Lipinski definition) is 4. The lowest BCUT2D eigenvalue weighted by molar-refractivity contribution is 0.0132. The molecule has 2 N–H and O–H groups in total. The maximum absolute atomic E-state index is 12.0. The van der Waals surface area contributed by atoms with Crippen molar-refractivity contribution in [1.29, 1.82) is 0 Å². The lowest BCUT2D eigenvalue weighted by Crippen LogP contribution is -2.55. The van der Waals surface area contributed by atoms with Crippen LogP contribution in [0, 0.1) is 5.92 Å². The van der Waals surface area contributed by atoms with Gasteiger partial charge in [-0.25, -0.2) is 4.79 Å². The van der Waals surface area contributed by atoms with Gasteiger partial charge in [0.1, 0.15) is 5.60 Å². The Bertz CT molecular complexity index is 336. The van der Waals surface area contributed by atoms with Crippen LogP contribution in [0.1, 0.15) is 60.8 Å². The first-order valence-corrected chi connectivity index (χ1v) is 8.57. The Kier molecular flexibility index (Phi) is 7.13. The normalized spacial score (nSPS) is 26.3. The first-order valence-electron chi connectivity index (χ1n) is 8.57. The molecule has 1 aliphatic rings. The summed E-state index contributed by atoms with van der Waals surface area (Å²) in [5.41, 5.74) is -0.489. The number of amides is 1. The van der Waals surface area contributed by atoms with Crippen LogP contribution in [0.3, 0.4) is 0 Å². The van der Waals surface area contributed by atoms with Crippen LogP contribution >= 0.6 is 0 Å². The third-order valence-corrected chi connectivity index (χ3v) is 4.41. The van der Waals surface area contributed by atoms with Crippen LogP contribution in [0.5, 0.6) is 0 Å². The number of likely N-dealkylation sites (tertiary alicyclic amines) is 1. The number of aliphatic hydroxyl groups is 1. The lowest BCUT2D eigenvalue weighted by Gasteiger charge is -2.42. The molecule has 0 saturated carbocycles. The number of nitrogens with one attached hydrogen (secondary N) is 1. The molecule has 0 aromatic carbocycles. The van der Waals surface area contributed by atoms with Gasteiger partial charge in [0, 0.05) is 25.2 Å². The Labute approximate surface area is 135 Å². The molecule has 1 rings (SSSR count). The van der Waals surface area contributed by atoms with Crippen molar-refractivity contribution >= 4 is 6.09 Å². The summed E-state index contributed by atoms with van der Waals surface area (Å²) in [4.78, 5) is 14.4. The molecule has 130 valence electrons. The summed E-state index contributed by atoms with van der Waals surface area (Å²) < 4.78 is 5.35. The number of alkyl carbamates (subject to hydrolysis) is 1.